The number of alkyl carbamates (subject to hydrolysis) is 1. The van der Waals surface area contributed by atoms with Crippen molar-refractivity contribution in [2.75, 3.05) is 34.7 Å². The standard InChI is InChI=1S/C41H47N2O12/c1-40(2)18-24(19-41(3,4)43(40)47)54-39(46)42-28(13-22-11-9-8-10-12-22)37(44)55-35-26-17-30-29(52-21-53-30)16-25(26)33(34-27(35)20-51-38(34)45)23-14-31(48-5)36(50-7)32(15-23)49-6/h8-12,14-17,24,27-28,33-35H,13,18-21H2,1-7H3,(H,42,46)/t27-,28-,33+,34-,35-/m0/s1. The Labute approximate surface area is 319 Å². The summed E-state index contributed by atoms with van der Waals surface area (Å²) < 4.78 is 46.4. The Morgan fingerprint density at radius 1 is 0.855 bits per heavy atom. The molecule has 4 aliphatic rings. The van der Waals surface area contributed by atoms with Gasteiger partial charge in [0.15, 0.2) is 23.0 Å². The quantitative estimate of drug-likeness (QED) is 0.200. The molecule has 3 aromatic carbocycles. The highest BCUT2D eigenvalue weighted by Gasteiger charge is 2.55. The van der Waals surface area contributed by atoms with Gasteiger partial charge >= 0.3 is 18.0 Å². The maximum Gasteiger partial charge on any atom is 0.408 e. The lowest BCUT2D eigenvalue weighted by Crippen LogP contribution is -2.60. The number of esters is 2. The molecule has 14 nitrogen and oxygen atoms in total. The number of cyclic esters (lactones) is 1. The number of benzene rings is 3. The first-order valence-corrected chi connectivity index (χ1v) is 18.3. The summed E-state index contributed by atoms with van der Waals surface area (Å²) in [7, 11) is 4.54. The molecule has 1 aliphatic carbocycles. The molecule has 2 saturated heterocycles. The van der Waals surface area contributed by atoms with Gasteiger partial charge in [0.25, 0.3) is 0 Å². The van der Waals surface area contributed by atoms with Gasteiger partial charge < -0.3 is 43.2 Å². The monoisotopic (exact) mass is 759 g/mol. The van der Waals surface area contributed by atoms with Gasteiger partial charge in [-0.2, -0.15) is 0 Å². The van der Waals surface area contributed by atoms with Crippen LogP contribution in [0.3, 0.4) is 0 Å². The molecule has 2 fully saturated rings. The Balaban J connectivity index is 1.23. The van der Waals surface area contributed by atoms with Crippen LogP contribution in [-0.2, 0) is 35.4 Å². The van der Waals surface area contributed by atoms with Gasteiger partial charge in [-0.3, -0.25) is 4.79 Å². The van der Waals surface area contributed by atoms with Crippen LogP contribution < -0.4 is 29.0 Å². The molecular formula is C41H47N2O12. The molecule has 0 saturated carbocycles. The van der Waals surface area contributed by atoms with Crippen molar-refractivity contribution in [3.8, 4) is 28.7 Å². The molecule has 1 radical (unpaired) electrons. The van der Waals surface area contributed by atoms with Gasteiger partial charge in [0.1, 0.15) is 18.2 Å². The highest BCUT2D eigenvalue weighted by Crippen LogP contribution is 2.56. The van der Waals surface area contributed by atoms with E-state index in [-0.39, 0.29) is 19.8 Å². The summed E-state index contributed by atoms with van der Waals surface area (Å²) >= 11 is 0. The first kappa shape index (κ1) is 38.1. The molecule has 1 N–H and O–H groups in total. The molecule has 55 heavy (non-hydrogen) atoms. The second-order valence-electron chi connectivity index (χ2n) is 15.7. The van der Waals surface area contributed by atoms with E-state index in [4.69, 9.17) is 37.9 Å². The van der Waals surface area contributed by atoms with Crippen molar-refractivity contribution in [3.63, 3.8) is 0 Å². The van der Waals surface area contributed by atoms with Crippen LogP contribution in [0.4, 0.5) is 4.79 Å². The summed E-state index contributed by atoms with van der Waals surface area (Å²) in [6.07, 6.45) is -1.59. The Hall–Kier alpha value is -5.21. The van der Waals surface area contributed by atoms with Crippen molar-refractivity contribution in [1.29, 1.82) is 0 Å². The first-order valence-electron chi connectivity index (χ1n) is 18.3. The fourth-order valence-corrected chi connectivity index (χ4v) is 8.78. The van der Waals surface area contributed by atoms with Crippen molar-refractivity contribution in [1.82, 2.24) is 10.4 Å². The molecule has 0 aromatic heterocycles. The van der Waals surface area contributed by atoms with E-state index >= 15 is 0 Å². The molecule has 14 heteroatoms. The second kappa shape index (κ2) is 14.8. The highest BCUT2D eigenvalue weighted by atomic mass is 16.7. The zero-order chi connectivity index (χ0) is 39.2. The molecule has 3 heterocycles. The number of rotatable bonds is 10. The van der Waals surface area contributed by atoms with Gasteiger partial charge in [0, 0.05) is 47.7 Å². The minimum absolute atomic E-state index is 0.000182. The van der Waals surface area contributed by atoms with E-state index in [2.05, 4.69) is 5.32 Å². The van der Waals surface area contributed by atoms with Crippen LogP contribution in [-0.4, -0.2) is 81.0 Å². The number of piperidine rings is 1. The average Bonchev–Trinajstić information content (AvgIpc) is 3.78. The van der Waals surface area contributed by atoms with Gasteiger partial charge in [-0.15, -0.1) is 10.3 Å². The van der Waals surface area contributed by atoms with Gasteiger partial charge in [-0.1, -0.05) is 30.3 Å². The third-order valence-corrected chi connectivity index (χ3v) is 11.1. The van der Waals surface area contributed by atoms with Crippen LogP contribution in [0.5, 0.6) is 28.7 Å². The number of fused-ring (bicyclic) bond motifs is 3. The highest BCUT2D eigenvalue weighted by molar-refractivity contribution is 5.83. The zero-order valence-corrected chi connectivity index (χ0v) is 32.0. The van der Waals surface area contributed by atoms with Gasteiger partial charge in [-0.05, 0) is 68.7 Å². The lowest BCUT2D eigenvalue weighted by Gasteiger charge is -2.49. The molecule has 7 rings (SSSR count). The van der Waals surface area contributed by atoms with Crippen molar-refractivity contribution >= 4 is 18.0 Å². The van der Waals surface area contributed by atoms with E-state index in [0.29, 0.717) is 58.3 Å². The van der Waals surface area contributed by atoms with E-state index in [1.807, 2.05) is 58.0 Å². The summed E-state index contributed by atoms with van der Waals surface area (Å²) in [6.45, 7) is 7.25. The zero-order valence-electron chi connectivity index (χ0n) is 32.0. The van der Waals surface area contributed by atoms with E-state index in [1.165, 1.54) is 21.3 Å². The summed E-state index contributed by atoms with van der Waals surface area (Å²) in [6, 6.07) is 15.2. The van der Waals surface area contributed by atoms with E-state index < -0.39 is 65.1 Å². The Bertz CT molecular complexity index is 1910. The number of amides is 1. The fraction of sp³-hybridized carbons (Fsp3) is 0.488. The minimum atomic E-state index is -1.17. The molecular weight excluding hydrogens is 712 g/mol. The molecule has 1 amide bonds. The van der Waals surface area contributed by atoms with Gasteiger partial charge in [-0.25, -0.2) is 9.59 Å². The number of hydrogen-bond donors (Lipinski definition) is 1. The molecule has 3 aromatic rings. The van der Waals surface area contributed by atoms with E-state index in [9.17, 15) is 19.6 Å². The Morgan fingerprint density at radius 2 is 1.47 bits per heavy atom. The van der Waals surface area contributed by atoms with Crippen LogP contribution in [0, 0.1) is 11.8 Å². The predicted octanol–water partition coefficient (Wildman–Crippen LogP) is 5.66. The van der Waals surface area contributed by atoms with Crippen molar-refractivity contribution < 1.29 is 57.5 Å². The number of hydroxylamine groups is 2. The molecule has 0 bridgehead atoms. The third kappa shape index (κ3) is 7.20. The predicted molar refractivity (Wildman–Crippen MR) is 195 cm³/mol. The molecule has 3 aliphatic heterocycles. The Morgan fingerprint density at radius 3 is 2.07 bits per heavy atom. The molecule has 0 spiro atoms. The number of nitrogens with zero attached hydrogens (tertiary/aromatic N) is 1. The number of carbonyl (C=O) groups is 3. The third-order valence-electron chi connectivity index (χ3n) is 11.1. The normalized spacial score (nSPS) is 24.1. The van der Waals surface area contributed by atoms with Crippen molar-refractivity contribution in [3.05, 3.63) is 76.9 Å². The van der Waals surface area contributed by atoms with Crippen molar-refractivity contribution in [2.45, 2.75) is 82.2 Å². The summed E-state index contributed by atoms with van der Waals surface area (Å²) in [5.41, 5.74) is 1.20. The largest absolute Gasteiger partial charge is 0.493 e. The first-order chi connectivity index (χ1) is 26.2. The number of methoxy groups -OCH3 is 3. The average molecular weight is 760 g/mol. The lowest BCUT2D eigenvalue weighted by atomic mass is 9.66. The number of ether oxygens (including phenoxy) is 8. The van der Waals surface area contributed by atoms with E-state index in [1.54, 1.807) is 24.3 Å². The smallest absolute Gasteiger partial charge is 0.408 e. The second-order valence-corrected chi connectivity index (χ2v) is 15.7. The fourth-order valence-electron chi connectivity index (χ4n) is 8.78. The lowest BCUT2D eigenvalue weighted by molar-refractivity contribution is -0.298. The molecule has 0 unspecified atom stereocenters. The maximum atomic E-state index is 14.4. The summed E-state index contributed by atoms with van der Waals surface area (Å²) in [5.74, 6) is -1.01. The van der Waals surface area contributed by atoms with Crippen LogP contribution in [0.25, 0.3) is 0 Å². The summed E-state index contributed by atoms with van der Waals surface area (Å²) in [4.78, 5) is 41.7. The van der Waals surface area contributed by atoms with Crippen LogP contribution in [0.2, 0.25) is 0 Å². The van der Waals surface area contributed by atoms with Crippen LogP contribution in [0.15, 0.2) is 54.6 Å². The number of nitrogens with one attached hydrogen (secondary N) is 1. The maximum absolute atomic E-state index is 14.4. The minimum Gasteiger partial charge on any atom is -0.493 e. The van der Waals surface area contributed by atoms with Gasteiger partial charge in [0.05, 0.1) is 33.9 Å². The topological polar surface area (TPSA) is 160 Å². The van der Waals surface area contributed by atoms with E-state index in [0.717, 1.165) is 10.6 Å². The molecule has 293 valence electrons. The van der Waals surface area contributed by atoms with Crippen LogP contribution in [0.1, 0.15) is 74.8 Å². The van der Waals surface area contributed by atoms with Crippen molar-refractivity contribution in [2.24, 2.45) is 11.8 Å². The SMILES string of the molecule is COc1cc([C@@H]2c3cc4c(cc3[C@H](OC(=O)[C@H](Cc3ccccc3)NC(=O)OC3CC(C)(C)N([O])C(C)(C)C3)[C@H]3COC(=O)[C@H]23)OCO4)cc(OC)c1OC. The summed E-state index contributed by atoms with van der Waals surface area (Å²) in [5, 5.41) is 16.7. The Kier molecular flexibility index (Phi) is 10.2. The number of carbonyl (C=O) groups excluding carboxylic acids is 3. The van der Waals surface area contributed by atoms with Gasteiger partial charge in [0.2, 0.25) is 12.5 Å². The molecule has 5 atom stereocenters. The van der Waals surface area contributed by atoms with Crippen LogP contribution >= 0.6 is 0 Å². The number of hydrogen-bond acceptors (Lipinski definition) is 12.